The SMILES string of the molecule is CC(C)CN(C(=O)c1ccc(O)c(Cl)c1)C1CC1. The zero-order valence-corrected chi connectivity index (χ0v) is 11.4. The molecule has 1 aliphatic rings. The van der Waals surface area contributed by atoms with E-state index in [0.717, 1.165) is 19.4 Å². The van der Waals surface area contributed by atoms with E-state index in [1.165, 1.54) is 12.1 Å². The smallest absolute Gasteiger partial charge is 0.254 e. The van der Waals surface area contributed by atoms with E-state index in [0.29, 0.717) is 17.5 Å². The van der Waals surface area contributed by atoms with Gasteiger partial charge in [0.25, 0.3) is 5.91 Å². The molecule has 0 bridgehead atoms. The Morgan fingerprint density at radius 2 is 2.17 bits per heavy atom. The van der Waals surface area contributed by atoms with Gasteiger partial charge < -0.3 is 10.0 Å². The molecule has 98 valence electrons. The van der Waals surface area contributed by atoms with Gasteiger partial charge in [0, 0.05) is 18.2 Å². The van der Waals surface area contributed by atoms with Crippen molar-refractivity contribution in [2.24, 2.45) is 5.92 Å². The molecule has 1 saturated carbocycles. The average molecular weight is 268 g/mol. The minimum atomic E-state index is 0.00750. The summed E-state index contributed by atoms with van der Waals surface area (Å²) in [6.07, 6.45) is 2.18. The molecule has 0 heterocycles. The second-order valence-corrected chi connectivity index (χ2v) is 5.66. The number of hydrogen-bond acceptors (Lipinski definition) is 2. The Balaban J connectivity index is 2.19. The lowest BCUT2D eigenvalue weighted by atomic mass is 10.1. The van der Waals surface area contributed by atoms with Gasteiger partial charge in [-0.1, -0.05) is 25.4 Å². The molecule has 2 rings (SSSR count). The largest absolute Gasteiger partial charge is 0.506 e. The van der Waals surface area contributed by atoms with Crippen LogP contribution in [0.3, 0.4) is 0 Å². The molecule has 1 fully saturated rings. The lowest BCUT2D eigenvalue weighted by Gasteiger charge is -2.24. The third-order valence-electron chi connectivity index (χ3n) is 3.00. The van der Waals surface area contributed by atoms with Crippen LogP contribution >= 0.6 is 11.6 Å². The van der Waals surface area contributed by atoms with Crippen molar-refractivity contribution >= 4 is 17.5 Å². The van der Waals surface area contributed by atoms with Gasteiger partial charge in [-0.2, -0.15) is 0 Å². The number of nitrogens with zero attached hydrogens (tertiary/aromatic N) is 1. The van der Waals surface area contributed by atoms with Crippen molar-refractivity contribution in [3.8, 4) is 5.75 Å². The van der Waals surface area contributed by atoms with E-state index in [-0.39, 0.29) is 16.7 Å². The highest BCUT2D eigenvalue weighted by atomic mass is 35.5. The van der Waals surface area contributed by atoms with Crippen molar-refractivity contribution in [1.82, 2.24) is 4.90 Å². The Kier molecular flexibility index (Phi) is 3.81. The second kappa shape index (κ2) is 5.19. The van der Waals surface area contributed by atoms with E-state index in [1.54, 1.807) is 6.07 Å². The Morgan fingerprint density at radius 3 is 2.67 bits per heavy atom. The minimum absolute atomic E-state index is 0.00750. The summed E-state index contributed by atoms with van der Waals surface area (Å²) in [5, 5.41) is 9.60. The van der Waals surface area contributed by atoms with E-state index in [9.17, 15) is 9.90 Å². The van der Waals surface area contributed by atoms with Gasteiger partial charge in [-0.15, -0.1) is 0 Å². The molecule has 1 aliphatic carbocycles. The molecule has 18 heavy (non-hydrogen) atoms. The van der Waals surface area contributed by atoms with Gasteiger partial charge in [-0.25, -0.2) is 0 Å². The van der Waals surface area contributed by atoms with E-state index in [1.807, 2.05) is 4.90 Å². The fourth-order valence-electron chi connectivity index (χ4n) is 1.98. The number of phenols is 1. The van der Waals surface area contributed by atoms with Crippen LogP contribution in [-0.2, 0) is 0 Å². The van der Waals surface area contributed by atoms with Crippen LogP contribution in [0, 0.1) is 5.92 Å². The fourth-order valence-corrected chi connectivity index (χ4v) is 2.16. The van der Waals surface area contributed by atoms with Gasteiger partial charge in [0.05, 0.1) is 5.02 Å². The highest BCUT2D eigenvalue weighted by molar-refractivity contribution is 6.32. The molecule has 4 heteroatoms. The van der Waals surface area contributed by atoms with Gasteiger partial charge in [0.1, 0.15) is 5.75 Å². The van der Waals surface area contributed by atoms with Crippen LogP contribution in [0.2, 0.25) is 5.02 Å². The number of aromatic hydroxyl groups is 1. The third kappa shape index (κ3) is 2.96. The van der Waals surface area contributed by atoms with Crippen molar-refractivity contribution in [2.45, 2.75) is 32.7 Å². The summed E-state index contributed by atoms with van der Waals surface area (Å²) in [7, 11) is 0. The van der Waals surface area contributed by atoms with Crippen LogP contribution in [0.1, 0.15) is 37.0 Å². The van der Waals surface area contributed by atoms with Crippen molar-refractivity contribution in [2.75, 3.05) is 6.54 Å². The monoisotopic (exact) mass is 267 g/mol. The predicted molar refractivity (Wildman–Crippen MR) is 72.0 cm³/mol. The first-order valence-corrected chi connectivity index (χ1v) is 6.66. The lowest BCUT2D eigenvalue weighted by Crippen LogP contribution is -2.36. The fraction of sp³-hybridized carbons (Fsp3) is 0.500. The minimum Gasteiger partial charge on any atom is -0.506 e. The average Bonchev–Trinajstić information content (AvgIpc) is 3.12. The maximum atomic E-state index is 12.4. The first-order chi connectivity index (χ1) is 8.49. The Labute approximate surface area is 112 Å². The molecule has 0 aliphatic heterocycles. The molecule has 0 saturated heterocycles. The maximum Gasteiger partial charge on any atom is 0.254 e. The number of halogens is 1. The number of carbonyl (C=O) groups excluding carboxylic acids is 1. The molecular formula is C14H18ClNO2. The van der Waals surface area contributed by atoms with Gasteiger partial charge in [-0.3, -0.25) is 4.79 Å². The molecule has 1 N–H and O–H groups in total. The molecule has 0 spiro atoms. The van der Waals surface area contributed by atoms with Crippen LogP contribution in [0.25, 0.3) is 0 Å². The Hall–Kier alpha value is -1.22. The summed E-state index contributed by atoms with van der Waals surface area (Å²) < 4.78 is 0. The quantitative estimate of drug-likeness (QED) is 0.909. The molecule has 1 aromatic rings. The Morgan fingerprint density at radius 1 is 1.50 bits per heavy atom. The molecule has 0 aromatic heterocycles. The summed E-state index contributed by atoms with van der Waals surface area (Å²) in [5.41, 5.74) is 0.547. The number of phenolic OH excluding ortho intramolecular Hbond substituents is 1. The normalized spacial score (nSPS) is 14.9. The van der Waals surface area contributed by atoms with Gasteiger partial charge in [0.2, 0.25) is 0 Å². The first kappa shape index (κ1) is 13.2. The predicted octanol–water partition coefficient (Wildman–Crippen LogP) is 3.31. The van der Waals surface area contributed by atoms with E-state index < -0.39 is 0 Å². The van der Waals surface area contributed by atoms with Crippen molar-refractivity contribution in [1.29, 1.82) is 0 Å². The number of carbonyl (C=O) groups is 1. The maximum absolute atomic E-state index is 12.4. The van der Waals surface area contributed by atoms with Gasteiger partial charge >= 0.3 is 0 Å². The van der Waals surface area contributed by atoms with Gasteiger partial charge in [-0.05, 0) is 37.0 Å². The number of amides is 1. The number of hydrogen-bond donors (Lipinski definition) is 1. The highest BCUT2D eigenvalue weighted by Gasteiger charge is 2.33. The summed E-state index contributed by atoms with van der Waals surface area (Å²) in [6.45, 7) is 4.97. The van der Waals surface area contributed by atoms with Crippen molar-refractivity contribution in [3.63, 3.8) is 0 Å². The molecule has 0 radical (unpaired) electrons. The molecule has 3 nitrogen and oxygen atoms in total. The first-order valence-electron chi connectivity index (χ1n) is 6.28. The summed E-state index contributed by atoms with van der Waals surface area (Å²) in [4.78, 5) is 14.3. The molecule has 1 amide bonds. The molecule has 0 unspecified atom stereocenters. The van der Waals surface area contributed by atoms with Crippen LogP contribution < -0.4 is 0 Å². The standard InChI is InChI=1S/C14H18ClNO2/c1-9(2)8-16(11-4-5-11)14(18)10-3-6-13(17)12(15)7-10/h3,6-7,9,11,17H,4-5,8H2,1-2H3. The van der Waals surface area contributed by atoms with E-state index in [2.05, 4.69) is 13.8 Å². The zero-order valence-electron chi connectivity index (χ0n) is 10.7. The number of rotatable bonds is 4. The van der Waals surface area contributed by atoms with Gasteiger partial charge in [0.15, 0.2) is 0 Å². The zero-order chi connectivity index (χ0) is 13.3. The Bertz CT molecular complexity index is 455. The lowest BCUT2D eigenvalue weighted by molar-refractivity contribution is 0.0722. The summed E-state index contributed by atoms with van der Waals surface area (Å²) in [5.74, 6) is 0.463. The topological polar surface area (TPSA) is 40.5 Å². The third-order valence-corrected chi connectivity index (χ3v) is 3.31. The molecule has 0 atom stereocenters. The summed E-state index contributed by atoms with van der Waals surface area (Å²) >= 11 is 5.84. The van der Waals surface area contributed by atoms with E-state index in [4.69, 9.17) is 11.6 Å². The van der Waals surface area contributed by atoms with Crippen LogP contribution in [0.15, 0.2) is 18.2 Å². The summed E-state index contributed by atoms with van der Waals surface area (Å²) in [6, 6.07) is 5.01. The highest BCUT2D eigenvalue weighted by Crippen LogP contribution is 2.30. The van der Waals surface area contributed by atoms with Crippen molar-refractivity contribution < 1.29 is 9.90 Å². The van der Waals surface area contributed by atoms with Crippen LogP contribution in [-0.4, -0.2) is 28.5 Å². The van der Waals surface area contributed by atoms with Crippen molar-refractivity contribution in [3.05, 3.63) is 28.8 Å². The molecular weight excluding hydrogens is 250 g/mol. The van der Waals surface area contributed by atoms with Crippen LogP contribution in [0.4, 0.5) is 0 Å². The van der Waals surface area contributed by atoms with Crippen LogP contribution in [0.5, 0.6) is 5.75 Å². The molecule has 1 aromatic carbocycles. The van der Waals surface area contributed by atoms with E-state index >= 15 is 0 Å². The number of benzene rings is 1. The second-order valence-electron chi connectivity index (χ2n) is 5.25.